The Morgan fingerprint density at radius 2 is 1.26 bits per heavy atom. The number of fused-ring (bicyclic) bond motifs is 4. The summed E-state index contributed by atoms with van der Waals surface area (Å²) < 4.78 is 0. The summed E-state index contributed by atoms with van der Waals surface area (Å²) in [4.78, 5) is 10.0. The molecule has 2 nitrogen and oxygen atoms in total. The summed E-state index contributed by atoms with van der Waals surface area (Å²) in [5, 5.41) is 3.46. The third-order valence-corrected chi connectivity index (χ3v) is 5.26. The summed E-state index contributed by atoms with van der Waals surface area (Å²) in [6.07, 6.45) is 0. The molecule has 0 spiro atoms. The zero-order valence-corrected chi connectivity index (χ0v) is 15.7. The predicted molar refractivity (Wildman–Crippen MR) is 114 cm³/mol. The highest BCUT2D eigenvalue weighted by Crippen LogP contribution is 2.38. The van der Waals surface area contributed by atoms with Crippen molar-refractivity contribution in [2.24, 2.45) is 0 Å². The molecule has 27 heavy (non-hydrogen) atoms. The monoisotopic (exact) mass is 348 g/mol. The van der Waals surface area contributed by atoms with Crippen molar-refractivity contribution >= 4 is 32.7 Å². The van der Waals surface area contributed by atoms with Crippen LogP contribution in [0.4, 0.5) is 0 Å². The number of aryl methyl sites for hydroxylation is 3. The molecule has 5 rings (SSSR count). The normalized spacial score (nSPS) is 11.5. The van der Waals surface area contributed by atoms with Gasteiger partial charge in [0, 0.05) is 27.4 Å². The van der Waals surface area contributed by atoms with Crippen LogP contribution in [-0.4, -0.2) is 9.97 Å². The zero-order valence-electron chi connectivity index (χ0n) is 15.7. The Kier molecular flexibility index (Phi) is 3.48. The molecule has 2 heteroatoms. The molecule has 0 saturated carbocycles. The van der Waals surface area contributed by atoms with Gasteiger partial charge in [0.15, 0.2) is 0 Å². The Hall–Kier alpha value is -3.26. The van der Waals surface area contributed by atoms with Crippen LogP contribution in [0.3, 0.4) is 0 Å². The smallest absolute Gasteiger partial charge is 0.0828 e. The standard InChI is InChI=1S/C25H20N2/c1-15-9-11-21-19(13-15)24(18-7-5-4-6-8-18)23-17(3)26-22-12-10-16(2)14-20(22)25(23)27-21/h4-14H,1-3H3. The maximum absolute atomic E-state index is 5.10. The molecule has 130 valence electrons. The second-order valence-corrected chi connectivity index (χ2v) is 7.31. The van der Waals surface area contributed by atoms with Crippen LogP contribution < -0.4 is 0 Å². The van der Waals surface area contributed by atoms with Crippen molar-refractivity contribution < 1.29 is 0 Å². The van der Waals surface area contributed by atoms with E-state index in [1.54, 1.807) is 0 Å². The van der Waals surface area contributed by atoms with Crippen LogP contribution in [0, 0.1) is 20.8 Å². The molecule has 2 aromatic heterocycles. The van der Waals surface area contributed by atoms with Crippen LogP contribution >= 0.6 is 0 Å². The number of pyridine rings is 2. The van der Waals surface area contributed by atoms with E-state index in [9.17, 15) is 0 Å². The largest absolute Gasteiger partial charge is 0.252 e. The van der Waals surface area contributed by atoms with Crippen molar-refractivity contribution in [3.05, 3.63) is 83.6 Å². The summed E-state index contributed by atoms with van der Waals surface area (Å²) in [6, 6.07) is 23.5. The second-order valence-electron chi connectivity index (χ2n) is 7.31. The van der Waals surface area contributed by atoms with Crippen LogP contribution in [0.5, 0.6) is 0 Å². The SMILES string of the molecule is Cc1ccc2nc3c(c(C)nc4ccc(C)cc43)c(-c3ccccc3)c2c1. The molecule has 0 radical (unpaired) electrons. The summed E-state index contributed by atoms with van der Waals surface area (Å²) >= 11 is 0. The van der Waals surface area contributed by atoms with Gasteiger partial charge >= 0.3 is 0 Å². The first-order valence-corrected chi connectivity index (χ1v) is 9.28. The summed E-state index contributed by atoms with van der Waals surface area (Å²) in [5.41, 5.74) is 8.99. The van der Waals surface area contributed by atoms with Crippen LogP contribution in [-0.2, 0) is 0 Å². The molecule has 0 amide bonds. The highest BCUT2D eigenvalue weighted by molar-refractivity contribution is 6.17. The fourth-order valence-corrected chi connectivity index (χ4v) is 4.00. The summed E-state index contributed by atoms with van der Waals surface area (Å²) in [6.45, 7) is 6.35. The molecule has 0 aliphatic heterocycles. The van der Waals surface area contributed by atoms with E-state index >= 15 is 0 Å². The lowest BCUT2D eigenvalue weighted by Crippen LogP contribution is -1.96. The van der Waals surface area contributed by atoms with Crippen molar-refractivity contribution in [1.29, 1.82) is 0 Å². The molecule has 2 heterocycles. The average molecular weight is 348 g/mol. The minimum absolute atomic E-state index is 1.00. The minimum Gasteiger partial charge on any atom is -0.252 e. The third kappa shape index (κ3) is 2.48. The Bertz CT molecular complexity index is 1340. The maximum atomic E-state index is 5.10. The molecule has 3 aromatic carbocycles. The van der Waals surface area contributed by atoms with E-state index in [0.717, 1.165) is 33.0 Å². The van der Waals surface area contributed by atoms with E-state index in [1.807, 2.05) is 0 Å². The lowest BCUT2D eigenvalue weighted by Gasteiger charge is -2.15. The fraction of sp³-hybridized carbons (Fsp3) is 0.120. The quantitative estimate of drug-likeness (QED) is 0.254. The lowest BCUT2D eigenvalue weighted by molar-refractivity contribution is 1.28. The van der Waals surface area contributed by atoms with Crippen molar-refractivity contribution in [3.8, 4) is 11.1 Å². The van der Waals surface area contributed by atoms with Gasteiger partial charge in [0.1, 0.15) is 0 Å². The first kappa shape index (κ1) is 16.0. The summed E-state index contributed by atoms with van der Waals surface area (Å²) in [7, 11) is 0. The minimum atomic E-state index is 1.00. The highest BCUT2D eigenvalue weighted by Gasteiger charge is 2.16. The lowest BCUT2D eigenvalue weighted by atomic mass is 9.93. The van der Waals surface area contributed by atoms with Crippen molar-refractivity contribution in [3.63, 3.8) is 0 Å². The van der Waals surface area contributed by atoms with Gasteiger partial charge in [-0.05, 0) is 50.6 Å². The predicted octanol–water partition coefficient (Wildman–Crippen LogP) is 6.53. The second kappa shape index (κ2) is 5.88. The molecule has 0 saturated heterocycles. The number of rotatable bonds is 1. The first-order chi connectivity index (χ1) is 13.1. The fourth-order valence-electron chi connectivity index (χ4n) is 4.00. The molecule has 0 bridgehead atoms. The van der Waals surface area contributed by atoms with Gasteiger partial charge < -0.3 is 0 Å². The Morgan fingerprint density at radius 3 is 1.96 bits per heavy atom. The topological polar surface area (TPSA) is 25.8 Å². The Morgan fingerprint density at radius 1 is 0.630 bits per heavy atom. The van der Waals surface area contributed by atoms with Crippen molar-refractivity contribution in [2.45, 2.75) is 20.8 Å². The number of hydrogen-bond acceptors (Lipinski definition) is 2. The highest BCUT2D eigenvalue weighted by atomic mass is 14.7. The van der Waals surface area contributed by atoms with Gasteiger partial charge in [-0.15, -0.1) is 0 Å². The maximum Gasteiger partial charge on any atom is 0.0828 e. The van der Waals surface area contributed by atoms with Crippen LogP contribution in [0.2, 0.25) is 0 Å². The van der Waals surface area contributed by atoms with Gasteiger partial charge in [0.2, 0.25) is 0 Å². The van der Waals surface area contributed by atoms with E-state index < -0.39 is 0 Å². The molecule has 0 aliphatic rings. The van der Waals surface area contributed by atoms with Gasteiger partial charge in [-0.2, -0.15) is 0 Å². The molecule has 5 aromatic rings. The molecule has 0 N–H and O–H groups in total. The first-order valence-electron chi connectivity index (χ1n) is 9.28. The number of aromatic nitrogens is 2. The van der Waals surface area contributed by atoms with Gasteiger partial charge in [-0.25, -0.2) is 4.98 Å². The van der Waals surface area contributed by atoms with Crippen LogP contribution in [0.1, 0.15) is 16.8 Å². The van der Waals surface area contributed by atoms with Gasteiger partial charge in [0.05, 0.1) is 16.6 Å². The Balaban J connectivity index is 2.09. The van der Waals surface area contributed by atoms with Gasteiger partial charge in [0.25, 0.3) is 0 Å². The van der Waals surface area contributed by atoms with Crippen LogP contribution in [0.15, 0.2) is 66.7 Å². The van der Waals surface area contributed by atoms with Gasteiger partial charge in [-0.1, -0.05) is 53.6 Å². The summed E-state index contributed by atoms with van der Waals surface area (Å²) in [5.74, 6) is 0. The van der Waals surface area contributed by atoms with Gasteiger partial charge in [-0.3, -0.25) is 4.98 Å². The van der Waals surface area contributed by atoms with Crippen molar-refractivity contribution in [2.75, 3.05) is 0 Å². The molecule has 0 unspecified atom stereocenters. The molecule has 0 aliphatic carbocycles. The van der Waals surface area contributed by atoms with E-state index in [1.165, 1.54) is 27.6 Å². The molecule has 0 atom stereocenters. The van der Waals surface area contributed by atoms with E-state index in [2.05, 4.69) is 87.5 Å². The number of hydrogen-bond donors (Lipinski definition) is 0. The Labute approximate surface area is 158 Å². The number of benzene rings is 3. The molecular weight excluding hydrogens is 328 g/mol. The third-order valence-electron chi connectivity index (χ3n) is 5.26. The zero-order chi connectivity index (χ0) is 18.5. The van der Waals surface area contributed by atoms with E-state index in [-0.39, 0.29) is 0 Å². The number of nitrogens with zero attached hydrogens (tertiary/aromatic N) is 2. The molecular formula is C25H20N2. The van der Waals surface area contributed by atoms with E-state index in [0.29, 0.717) is 0 Å². The van der Waals surface area contributed by atoms with E-state index in [4.69, 9.17) is 9.97 Å². The average Bonchev–Trinajstić information content (AvgIpc) is 2.68. The van der Waals surface area contributed by atoms with Crippen molar-refractivity contribution in [1.82, 2.24) is 9.97 Å². The molecule has 0 fully saturated rings. The van der Waals surface area contributed by atoms with Crippen LogP contribution in [0.25, 0.3) is 43.8 Å².